The van der Waals surface area contributed by atoms with E-state index in [0.29, 0.717) is 19.7 Å². The predicted octanol–water partition coefficient (Wildman–Crippen LogP) is 3.13. The number of hydrogen-bond acceptors (Lipinski definition) is 3. The number of carbonyl (C=O) groups excluding carboxylic acids is 2. The average molecular weight is 397 g/mol. The van der Waals surface area contributed by atoms with Crippen LogP contribution in [0.5, 0.6) is 0 Å². The Morgan fingerprint density at radius 2 is 2.17 bits per heavy atom. The van der Waals surface area contributed by atoms with Crippen LogP contribution in [0.1, 0.15) is 32.6 Å². The Morgan fingerprint density at radius 1 is 1.38 bits per heavy atom. The van der Waals surface area contributed by atoms with E-state index < -0.39 is 0 Å². The number of nitrogens with one attached hydrogen (secondary N) is 1. The number of amides is 2. The lowest BCUT2D eigenvalue weighted by Gasteiger charge is -2.17. The largest absolute Gasteiger partial charge is 0.381 e. The topological polar surface area (TPSA) is 58.6 Å². The number of rotatable bonds is 9. The van der Waals surface area contributed by atoms with Crippen LogP contribution in [0.25, 0.3) is 0 Å². The predicted molar refractivity (Wildman–Crippen MR) is 98.0 cm³/mol. The lowest BCUT2D eigenvalue weighted by Crippen LogP contribution is -2.33. The van der Waals surface area contributed by atoms with E-state index in [2.05, 4.69) is 28.2 Å². The second-order valence-electron chi connectivity index (χ2n) is 6.00. The molecular formula is C18H25BrN2O3. The fraction of sp³-hybridized carbons (Fsp3) is 0.556. The van der Waals surface area contributed by atoms with Gasteiger partial charge in [-0.3, -0.25) is 9.59 Å². The first-order valence-corrected chi connectivity index (χ1v) is 9.32. The van der Waals surface area contributed by atoms with Crippen LogP contribution >= 0.6 is 15.9 Å². The van der Waals surface area contributed by atoms with Gasteiger partial charge in [0.05, 0.1) is 5.92 Å². The summed E-state index contributed by atoms with van der Waals surface area (Å²) in [7, 11) is 0. The molecule has 6 heteroatoms. The van der Waals surface area contributed by atoms with E-state index in [1.54, 1.807) is 4.90 Å². The summed E-state index contributed by atoms with van der Waals surface area (Å²) in [5, 5.41) is 2.91. The third-order valence-corrected chi connectivity index (χ3v) is 4.52. The van der Waals surface area contributed by atoms with Crippen LogP contribution in [-0.4, -0.2) is 38.1 Å². The molecule has 2 rings (SSSR count). The SMILES string of the molecule is CCCCOCCCNC(=O)C1CC(=O)N(c2cccc(Br)c2)C1. The van der Waals surface area contributed by atoms with Gasteiger partial charge in [-0.25, -0.2) is 0 Å². The van der Waals surface area contributed by atoms with Crippen molar-refractivity contribution in [3.05, 3.63) is 28.7 Å². The molecule has 5 nitrogen and oxygen atoms in total. The van der Waals surface area contributed by atoms with Gasteiger partial charge in [0.1, 0.15) is 0 Å². The monoisotopic (exact) mass is 396 g/mol. The molecule has 24 heavy (non-hydrogen) atoms. The molecule has 0 spiro atoms. The van der Waals surface area contributed by atoms with E-state index in [0.717, 1.165) is 36.0 Å². The van der Waals surface area contributed by atoms with E-state index in [9.17, 15) is 9.59 Å². The summed E-state index contributed by atoms with van der Waals surface area (Å²) >= 11 is 3.41. The summed E-state index contributed by atoms with van der Waals surface area (Å²) in [6, 6.07) is 7.58. The number of unbranched alkanes of at least 4 members (excludes halogenated alkanes) is 1. The van der Waals surface area contributed by atoms with Crippen molar-refractivity contribution in [1.82, 2.24) is 5.32 Å². The van der Waals surface area contributed by atoms with Crippen LogP contribution in [0.2, 0.25) is 0 Å². The normalized spacial score (nSPS) is 17.3. The number of ether oxygens (including phenoxy) is 1. The van der Waals surface area contributed by atoms with Crippen LogP contribution in [0.4, 0.5) is 5.69 Å². The Labute approximate surface area is 151 Å². The molecule has 1 heterocycles. The third kappa shape index (κ3) is 5.60. The highest BCUT2D eigenvalue weighted by atomic mass is 79.9. The highest BCUT2D eigenvalue weighted by Crippen LogP contribution is 2.27. The Hall–Kier alpha value is -1.40. The fourth-order valence-electron chi connectivity index (χ4n) is 2.66. The van der Waals surface area contributed by atoms with Crippen molar-refractivity contribution >= 4 is 33.4 Å². The molecule has 1 atom stereocenters. The maximum absolute atomic E-state index is 12.2. The first kappa shape index (κ1) is 18.9. The first-order chi connectivity index (χ1) is 11.6. The molecular weight excluding hydrogens is 372 g/mol. The highest BCUT2D eigenvalue weighted by Gasteiger charge is 2.34. The maximum Gasteiger partial charge on any atom is 0.227 e. The van der Waals surface area contributed by atoms with E-state index in [1.807, 2.05) is 24.3 Å². The minimum absolute atomic E-state index is 0.00357. The van der Waals surface area contributed by atoms with Gasteiger partial charge in [0.2, 0.25) is 11.8 Å². The zero-order valence-corrected chi connectivity index (χ0v) is 15.7. The zero-order chi connectivity index (χ0) is 17.4. The highest BCUT2D eigenvalue weighted by molar-refractivity contribution is 9.10. The van der Waals surface area contributed by atoms with E-state index in [-0.39, 0.29) is 24.2 Å². The number of benzene rings is 1. The lowest BCUT2D eigenvalue weighted by molar-refractivity contribution is -0.126. The van der Waals surface area contributed by atoms with Crippen LogP contribution in [-0.2, 0) is 14.3 Å². The van der Waals surface area contributed by atoms with Crippen LogP contribution in [0.3, 0.4) is 0 Å². The van der Waals surface area contributed by atoms with E-state index in [4.69, 9.17) is 4.74 Å². The van der Waals surface area contributed by atoms with Crippen molar-refractivity contribution < 1.29 is 14.3 Å². The van der Waals surface area contributed by atoms with Gasteiger partial charge in [-0.05, 0) is 31.0 Å². The van der Waals surface area contributed by atoms with Gasteiger partial charge in [0.25, 0.3) is 0 Å². The van der Waals surface area contributed by atoms with Gasteiger partial charge in [0.15, 0.2) is 0 Å². The van der Waals surface area contributed by atoms with Gasteiger partial charge < -0.3 is 15.0 Å². The Kier molecular flexibility index (Phi) is 7.72. The summed E-state index contributed by atoms with van der Waals surface area (Å²) < 4.78 is 6.39. The Balaban J connectivity index is 1.73. The molecule has 1 N–H and O–H groups in total. The molecule has 1 aliphatic heterocycles. The van der Waals surface area contributed by atoms with Gasteiger partial charge >= 0.3 is 0 Å². The summed E-state index contributed by atoms with van der Waals surface area (Å²) in [6.45, 7) is 4.60. The quantitative estimate of drug-likeness (QED) is 0.652. The molecule has 1 unspecified atom stereocenters. The molecule has 1 fully saturated rings. The van der Waals surface area contributed by atoms with Gasteiger partial charge in [-0.2, -0.15) is 0 Å². The summed E-state index contributed by atoms with van der Waals surface area (Å²) in [4.78, 5) is 26.1. The molecule has 0 aliphatic carbocycles. The lowest BCUT2D eigenvalue weighted by atomic mass is 10.1. The van der Waals surface area contributed by atoms with Crippen molar-refractivity contribution in [2.75, 3.05) is 31.2 Å². The molecule has 132 valence electrons. The van der Waals surface area contributed by atoms with Crippen molar-refractivity contribution in [1.29, 1.82) is 0 Å². The van der Waals surface area contributed by atoms with E-state index in [1.165, 1.54) is 0 Å². The summed E-state index contributed by atoms with van der Waals surface area (Å²) in [6.07, 6.45) is 3.26. The molecule has 1 saturated heterocycles. The van der Waals surface area contributed by atoms with E-state index >= 15 is 0 Å². The summed E-state index contributed by atoms with van der Waals surface area (Å²) in [5.74, 6) is -0.331. The number of halogens is 1. The van der Waals surface area contributed by atoms with Crippen molar-refractivity contribution in [2.45, 2.75) is 32.6 Å². The minimum atomic E-state index is -0.280. The first-order valence-electron chi connectivity index (χ1n) is 8.53. The van der Waals surface area contributed by atoms with Crippen LogP contribution < -0.4 is 10.2 Å². The van der Waals surface area contributed by atoms with Gasteiger partial charge in [-0.1, -0.05) is 35.3 Å². The molecule has 1 aliphatic rings. The number of hydrogen-bond donors (Lipinski definition) is 1. The standard InChI is InChI=1S/C18H25BrN2O3/c1-2-3-9-24-10-5-8-20-18(23)14-11-17(22)21(13-14)16-7-4-6-15(19)12-16/h4,6-7,12,14H,2-3,5,8-11,13H2,1H3,(H,20,23). The fourth-order valence-corrected chi connectivity index (χ4v) is 3.04. The Bertz CT molecular complexity index is 565. The minimum Gasteiger partial charge on any atom is -0.381 e. The molecule has 0 aromatic heterocycles. The van der Waals surface area contributed by atoms with Crippen molar-refractivity contribution in [2.24, 2.45) is 5.92 Å². The second kappa shape index (κ2) is 9.79. The van der Waals surface area contributed by atoms with Crippen molar-refractivity contribution in [3.63, 3.8) is 0 Å². The Morgan fingerprint density at radius 3 is 2.92 bits per heavy atom. The maximum atomic E-state index is 12.2. The number of anilines is 1. The van der Waals surface area contributed by atoms with Gasteiger partial charge in [-0.15, -0.1) is 0 Å². The van der Waals surface area contributed by atoms with Crippen LogP contribution in [0, 0.1) is 5.92 Å². The zero-order valence-electron chi connectivity index (χ0n) is 14.1. The molecule has 0 saturated carbocycles. The molecule has 0 bridgehead atoms. The molecule has 1 aromatic carbocycles. The van der Waals surface area contributed by atoms with Crippen LogP contribution in [0.15, 0.2) is 28.7 Å². The molecule has 1 aromatic rings. The van der Waals surface area contributed by atoms with Crippen molar-refractivity contribution in [3.8, 4) is 0 Å². The number of carbonyl (C=O) groups is 2. The third-order valence-electron chi connectivity index (χ3n) is 4.02. The molecule has 2 amide bonds. The second-order valence-corrected chi connectivity index (χ2v) is 6.91. The number of nitrogens with zero attached hydrogens (tertiary/aromatic N) is 1. The summed E-state index contributed by atoms with van der Waals surface area (Å²) in [5.41, 5.74) is 0.828. The smallest absolute Gasteiger partial charge is 0.227 e. The van der Waals surface area contributed by atoms with Gasteiger partial charge in [0, 0.05) is 42.9 Å². The average Bonchev–Trinajstić information content (AvgIpc) is 2.96. The molecule has 0 radical (unpaired) electrons.